The first kappa shape index (κ1) is 10.9. The third-order valence-electron chi connectivity index (χ3n) is 2.62. The number of pyridine rings is 1. The Labute approximate surface area is 95.5 Å². The second-order valence-corrected chi connectivity index (χ2v) is 3.81. The van der Waals surface area contributed by atoms with E-state index in [9.17, 15) is 0 Å². The normalized spacial score (nSPS) is 10.7. The number of rotatable bonds is 3. The molecule has 0 amide bonds. The summed E-state index contributed by atoms with van der Waals surface area (Å²) in [6.45, 7) is 2.60. The molecule has 1 heterocycles. The molecule has 0 fully saturated rings. The molecule has 0 spiro atoms. The van der Waals surface area contributed by atoms with Gasteiger partial charge >= 0.3 is 0 Å². The van der Waals surface area contributed by atoms with E-state index in [-0.39, 0.29) is 0 Å². The molecule has 0 unspecified atom stereocenters. The summed E-state index contributed by atoms with van der Waals surface area (Å²) in [6, 6.07) is 8.22. The molecule has 1 aromatic heterocycles. The zero-order valence-electron chi connectivity index (χ0n) is 9.87. The van der Waals surface area contributed by atoms with Gasteiger partial charge in [-0.3, -0.25) is 4.98 Å². The Balaban J connectivity index is 2.71. The molecule has 0 bridgehead atoms. The van der Waals surface area contributed by atoms with Crippen molar-refractivity contribution in [2.24, 2.45) is 0 Å². The van der Waals surface area contributed by atoms with Gasteiger partial charge in [0.25, 0.3) is 0 Å². The number of benzene rings is 1. The van der Waals surface area contributed by atoms with Crippen molar-refractivity contribution >= 4 is 16.6 Å². The summed E-state index contributed by atoms with van der Waals surface area (Å²) < 4.78 is 5.19. The summed E-state index contributed by atoms with van der Waals surface area (Å²) in [5.41, 5.74) is 4.27. The van der Waals surface area contributed by atoms with E-state index in [0.29, 0.717) is 6.61 Å². The smallest absolute Gasteiger partial charge is 0.0781 e. The lowest BCUT2D eigenvalue weighted by molar-refractivity contribution is 0.186. The van der Waals surface area contributed by atoms with Crippen molar-refractivity contribution in [1.82, 2.24) is 4.98 Å². The van der Waals surface area contributed by atoms with Crippen molar-refractivity contribution in [3.05, 3.63) is 35.5 Å². The average Bonchev–Trinajstić information content (AvgIpc) is 2.29. The van der Waals surface area contributed by atoms with Crippen LogP contribution >= 0.6 is 0 Å². The maximum Gasteiger partial charge on any atom is 0.0781 e. The van der Waals surface area contributed by atoms with Crippen LogP contribution in [0.15, 0.2) is 24.3 Å². The molecule has 2 aromatic rings. The van der Waals surface area contributed by atoms with Crippen molar-refractivity contribution < 1.29 is 4.74 Å². The van der Waals surface area contributed by atoms with Crippen LogP contribution in [0.4, 0.5) is 5.69 Å². The first-order valence-corrected chi connectivity index (χ1v) is 5.32. The number of hydrogen-bond acceptors (Lipinski definition) is 3. The van der Waals surface area contributed by atoms with Crippen molar-refractivity contribution in [1.29, 1.82) is 0 Å². The molecule has 3 nitrogen and oxygen atoms in total. The second kappa shape index (κ2) is 4.49. The summed E-state index contributed by atoms with van der Waals surface area (Å²) >= 11 is 0. The SMILES string of the molecule is CNc1cc(C)nc2c(COC)cccc12. The molecule has 2 rings (SSSR count). The number of para-hydroxylation sites is 1. The van der Waals surface area contributed by atoms with E-state index >= 15 is 0 Å². The molecule has 0 saturated heterocycles. The lowest BCUT2D eigenvalue weighted by Gasteiger charge is -2.10. The van der Waals surface area contributed by atoms with E-state index in [1.807, 2.05) is 20.0 Å². The molecule has 16 heavy (non-hydrogen) atoms. The number of ether oxygens (including phenoxy) is 1. The molecule has 0 radical (unpaired) electrons. The van der Waals surface area contributed by atoms with Crippen LogP contribution in [0.3, 0.4) is 0 Å². The second-order valence-electron chi connectivity index (χ2n) is 3.81. The molecule has 0 aliphatic carbocycles. The van der Waals surface area contributed by atoms with E-state index in [1.54, 1.807) is 7.11 Å². The van der Waals surface area contributed by atoms with Crippen molar-refractivity contribution in [3.8, 4) is 0 Å². The molecule has 1 aromatic carbocycles. The fourth-order valence-corrected chi connectivity index (χ4v) is 1.91. The maximum absolute atomic E-state index is 5.19. The van der Waals surface area contributed by atoms with Gasteiger partial charge in [-0.1, -0.05) is 18.2 Å². The minimum atomic E-state index is 0.594. The fraction of sp³-hybridized carbons (Fsp3) is 0.308. The Bertz CT molecular complexity index is 509. The Morgan fingerprint density at radius 1 is 1.38 bits per heavy atom. The molecule has 0 aliphatic rings. The highest BCUT2D eigenvalue weighted by molar-refractivity contribution is 5.93. The maximum atomic E-state index is 5.19. The summed E-state index contributed by atoms with van der Waals surface area (Å²) in [5, 5.41) is 4.34. The highest BCUT2D eigenvalue weighted by Crippen LogP contribution is 2.25. The monoisotopic (exact) mass is 216 g/mol. The molecule has 0 atom stereocenters. The van der Waals surface area contributed by atoms with Crippen LogP contribution in [0.25, 0.3) is 10.9 Å². The third-order valence-corrected chi connectivity index (χ3v) is 2.62. The van der Waals surface area contributed by atoms with E-state index < -0.39 is 0 Å². The van der Waals surface area contributed by atoms with Crippen molar-refractivity contribution in [3.63, 3.8) is 0 Å². The van der Waals surface area contributed by atoms with Crippen LogP contribution in [0, 0.1) is 6.92 Å². The summed E-state index contributed by atoms with van der Waals surface area (Å²) in [4.78, 5) is 4.58. The number of methoxy groups -OCH3 is 1. The number of nitrogens with zero attached hydrogens (tertiary/aromatic N) is 1. The van der Waals surface area contributed by atoms with Gasteiger partial charge in [0.15, 0.2) is 0 Å². The predicted octanol–water partition coefficient (Wildman–Crippen LogP) is 2.73. The van der Waals surface area contributed by atoms with Crippen LogP contribution < -0.4 is 5.32 Å². The molecule has 84 valence electrons. The van der Waals surface area contributed by atoms with Crippen LogP contribution in [-0.2, 0) is 11.3 Å². The summed E-state index contributed by atoms with van der Waals surface area (Å²) in [5.74, 6) is 0. The van der Waals surface area contributed by atoms with Gasteiger partial charge in [0.05, 0.1) is 12.1 Å². The Morgan fingerprint density at radius 2 is 2.19 bits per heavy atom. The van der Waals surface area contributed by atoms with E-state index in [0.717, 1.165) is 27.8 Å². The summed E-state index contributed by atoms with van der Waals surface area (Å²) in [6.07, 6.45) is 0. The number of anilines is 1. The van der Waals surface area contributed by atoms with Crippen molar-refractivity contribution in [2.75, 3.05) is 19.5 Å². The van der Waals surface area contributed by atoms with Gasteiger partial charge in [-0.25, -0.2) is 0 Å². The lowest BCUT2D eigenvalue weighted by atomic mass is 10.1. The van der Waals surface area contributed by atoms with E-state index in [1.165, 1.54) is 0 Å². The van der Waals surface area contributed by atoms with E-state index in [2.05, 4.69) is 28.5 Å². The van der Waals surface area contributed by atoms with E-state index in [4.69, 9.17) is 4.74 Å². The van der Waals surface area contributed by atoms with Crippen LogP contribution in [0.1, 0.15) is 11.3 Å². The zero-order valence-corrected chi connectivity index (χ0v) is 9.87. The van der Waals surface area contributed by atoms with Gasteiger partial charge in [-0.15, -0.1) is 0 Å². The van der Waals surface area contributed by atoms with Gasteiger partial charge < -0.3 is 10.1 Å². The molecule has 0 saturated carbocycles. The third kappa shape index (κ3) is 1.86. The Hall–Kier alpha value is -1.61. The molecular formula is C13H16N2O. The highest BCUT2D eigenvalue weighted by atomic mass is 16.5. The Morgan fingerprint density at radius 3 is 2.88 bits per heavy atom. The number of nitrogens with one attached hydrogen (secondary N) is 1. The number of aromatic nitrogens is 1. The zero-order chi connectivity index (χ0) is 11.5. The minimum absolute atomic E-state index is 0.594. The van der Waals surface area contributed by atoms with Gasteiger partial charge in [0.1, 0.15) is 0 Å². The minimum Gasteiger partial charge on any atom is -0.388 e. The highest BCUT2D eigenvalue weighted by Gasteiger charge is 2.06. The topological polar surface area (TPSA) is 34.2 Å². The molecule has 3 heteroatoms. The predicted molar refractivity (Wildman–Crippen MR) is 66.7 cm³/mol. The van der Waals surface area contributed by atoms with Crippen LogP contribution in [0.2, 0.25) is 0 Å². The molecule has 0 aliphatic heterocycles. The Kier molecular flexibility index (Phi) is 3.06. The van der Waals surface area contributed by atoms with Crippen LogP contribution in [0.5, 0.6) is 0 Å². The quantitative estimate of drug-likeness (QED) is 0.856. The number of aryl methyl sites for hydroxylation is 1. The summed E-state index contributed by atoms with van der Waals surface area (Å²) in [7, 11) is 3.63. The standard InChI is InChI=1S/C13H16N2O/c1-9-7-12(14-2)11-6-4-5-10(8-16-3)13(11)15-9/h4-7H,8H2,1-3H3,(H,14,15). The van der Waals surface area contributed by atoms with Gasteiger partial charge in [-0.05, 0) is 13.0 Å². The van der Waals surface area contributed by atoms with Crippen LogP contribution in [-0.4, -0.2) is 19.1 Å². The first-order valence-electron chi connectivity index (χ1n) is 5.32. The van der Waals surface area contributed by atoms with Crippen molar-refractivity contribution in [2.45, 2.75) is 13.5 Å². The largest absolute Gasteiger partial charge is 0.388 e. The number of hydrogen-bond donors (Lipinski definition) is 1. The molecular weight excluding hydrogens is 200 g/mol. The van der Waals surface area contributed by atoms with Gasteiger partial charge in [0, 0.05) is 36.5 Å². The lowest BCUT2D eigenvalue weighted by Crippen LogP contribution is -1.97. The van der Waals surface area contributed by atoms with Gasteiger partial charge in [0.2, 0.25) is 0 Å². The molecule has 1 N–H and O–H groups in total. The first-order chi connectivity index (χ1) is 7.76. The fourth-order valence-electron chi connectivity index (χ4n) is 1.91. The average molecular weight is 216 g/mol. The number of fused-ring (bicyclic) bond motifs is 1. The van der Waals surface area contributed by atoms with Gasteiger partial charge in [-0.2, -0.15) is 0 Å².